The summed E-state index contributed by atoms with van der Waals surface area (Å²) in [5.74, 6) is -2.53. The zero-order valence-electron chi connectivity index (χ0n) is 26.8. The second-order valence-corrected chi connectivity index (χ2v) is 12.4. The molecule has 49 heavy (non-hydrogen) atoms. The largest absolute Gasteiger partial charge is 0.490 e. The third-order valence-electron chi connectivity index (χ3n) is 6.90. The summed E-state index contributed by atoms with van der Waals surface area (Å²) in [5, 5.41) is 12.2. The Labute approximate surface area is 302 Å². The molecule has 12 heteroatoms. The number of benzene rings is 3. The van der Waals surface area contributed by atoms with Crippen molar-refractivity contribution in [3.63, 3.8) is 0 Å². The average Bonchev–Trinajstić information content (AvgIpc) is 3.09. The van der Waals surface area contributed by atoms with Gasteiger partial charge >= 0.3 is 5.97 Å². The Kier molecular flexibility index (Phi) is 13.5. The molecule has 0 aliphatic carbocycles. The summed E-state index contributed by atoms with van der Waals surface area (Å²) >= 11 is 2.94. The number of hydrogen-bond donors (Lipinski definition) is 2. The molecule has 3 aromatic rings. The number of hydrogen-bond acceptors (Lipinski definition) is 7. The van der Waals surface area contributed by atoms with Gasteiger partial charge in [-0.25, -0.2) is 4.79 Å². The van der Waals surface area contributed by atoms with E-state index in [2.05, 4.69) is 16.9 Å². The fraction of sp³-hybridized carbons (Fsp3) is 0.162. The maximum absolute atomic E-state index is 14.1. The van der Waals surface area contributed by atoms with Crippen molar-refractivity contribution in [3.05, 3.63) is 135 Å². The number of amidine groups is 1. The SMILES string of the molecule is C=C/C=C\C(=C/C)N1C(=O)/C(=C/c2cc(I)c(OCC(=O)O)c(OCC)c2)C(=O)N=C1SCC(=O)NC(c1ccccc1)c1ccccc1. The van der Waals surface area contributed by atoms with Gasteiger partial charge in [-0.1, -0.05) is 97.2 Å². The van der Waals surface area contributed by atoms with Crippen molar-refractivity contribution in [1.29, 1.82) is 0 Å². The van der Waals surface area contributed by atoms with E-state index in [0.29, 0.717) is 14.8 Å². The van der Waals surface area contributed by atoms with Gasteiger partial charge in [0.1, 0.15) is 5.57 Å². The van der Waals surface area contributed by atoms with Crippen LogP contribution in [-0.4, -0.2) is 57.8 Å². The minimum atomic E-state index is -1.15. The highest BCUT2D eigenvalue weighted by Crippen LogP contribution is 2.36. The first-order valence-corrected chi connectivity index (χ1v) is 17.2. The molecule has 3 aromatic carbocycles. The van der Waals surface area contributed by atoms with Gasteiger partial charge in [0.05, 0.1) is 22.0 Å². The number of carboxylic acid groups (broad SMARTS) is 1. The van der Waals surface area contributed by atoms with Crippen LogP contribution in [0.5, 0.6) is 11.5 Å². The lowest BCUT2D eigenvalue weighted by Crippen LogP contribution is -2.42. The van der Waals surface area contributed by atoms with Crippen molar-refractivity contribution in [1.82, 2.24) is 10.2 Å². The topological polar surface area (TPSA) is 135 Å². The van der Waals surface area contributed by atoms with Crippen LogP contribution in [0.4, 0.5) is 0 Å². The number of carbonyl (C=O) groups is 4. The molecule has 1 heterocycles. The van der Waals surface area contributed by atoms with Gasteiger partial charge in [0.25, 0.3) is 11.8 Å². The number of nitrogens with one attached hydrogen (secondary N) is 1. The first-order valence-electron chi connectivity index (χ1n) is 15.1. The van der Waals surface area contributed by atoms with E-state index in [1.165, 1.54) is 11.0 Å². The highest BCUT2D eigenvalue weighted by molar-refractivity contribution is 14.1. The second kappa shape index (κ2) is 18.0. The van der Waals surface area contributed by atoms with E-state index in [1.54, 1.807) is 50.3 Å². The van der Waals surface area contributed by atoms with Gasteiger partial charge in [0, 0.05) is 5.70 Å². The number of carboxylic acids is 1. The second-order valence-electron chi connectivity index (χ2n) is 10.3. The van der Waals surface area contributed by atoms with Crippen LogP contribution >= 0.6 is 34.4 Å². The number of allylic oxidation sites excluding steroid dienone is 4. The molecule has 0 unspecified atom stereocenters. The molecule has 0 fully saturated rings. The van der Waals surface area contributed by atoms with E-state index in [9.17, 15) is 19.2 Å². The van der Waals surface area contributed by atoms with E-state index in [-0.39, 0.29) is 40.5 Å². The van der Waals surface area contributed by atoms with Crippen LogP contribution in [0.15, 0.2) is 120 Å². The number of thioether (sulfide) groups is 1. The van der Waals surface area contributed by atoms with Crippen molar-refractivity contribution in [3.8, 4) is 11.5 Å². The van der Waals surface area contributed by atoms with Crippen molar-refractivity contribution in [2.75, 3.05) is 19.0 Å². The van der Waals surface area contributed by atoms with E-state index < -0.39 is 30.4 Å². The fourth-order valence-electron chi connectivity index (χ4n) is 4.77. The monoisotopic (exact) mass is 791 g/mol. The Hall–Kier alpha value is -4.95. The number of halogens is 1. The predicted octanol–water partition coefficient (Wildman–Crippen LogP) is 6.55. The molecule has 0 spiro atoms. The van der Waals surface area contributed by atoms with Crippen LogP contribution in [0.25, 0.3) is 6.08 Å². The molecule has 0 atom stereocenters. The van der Waals surface area contributed by atoms with E-state index in [1.807, 2.05) is 83.3 Å². The first kappa shape index (κ1) is 36.9. The van der Waals surface area contributed by atoms with Crippen molar-refractivity contribution in [2.45, 2.75) is 19.9 Å². The first-order chi connectivity index (χ1) is 23.7. The van der Waals surface area contributed by atoms with Gasteiger partial charge in [0.2, 0.25) is 5.91 Å². The molecule has 0 bridgehead atoms. The number of nitrogens with zero attached hydrogens (tertiary/aromatic N) is 2. The van der Waals surface area contributed by atoms with Gasteiger partial charge in [0.15, 0.2) is 23.3 Å². The quantitative estimate of drug-likeness (QED) is 0.0814. The summed E-state index contributed by atoms with van der Waals surface area (Å²) in [6.07, 6.45) is 7.94. The van der Waals surface area contributed by atoms with Crippen molar-refractivity contribution < 1.29 is 33.8 Å². The minimum Gasteiger partial charge on any atom is -0.490 e. The van der Waals surface area contributed by atoms with Crippen LogP contribution in [0.2, 0.25) is 0 Å². The molecule has 2 N–H and O–H groups in total. The van der Waals surface area contributed by atoms with Crippen LogP contribution in [-0.2, 0) is 19.2 Å². The summed E-state index contributed by atoms with van der Waals surface area (Å²) in [7, 11) is 0. The zero-order chi connectivity index (χ0) is 35.3. The van der Waals surface area contributed by atoms with E-state index in [4.69, 9.17) is 14.6 Å². The van der Waals surface area contributed by atoms with Gasteiger partial charge in [-0.05, 0) is 77.4 Å². The Morgan fingerprint density at radius 1 is 1.06 bits per heavy atom. The number of aliphatic carboxylic acids is 1. The van der Waals surface area contributed by atoms with Gasteiger partial charge < -0.3 is 19.9 Å². The normalized spacial score (nSPS) is 14.3. The third kappa shape index (κ3) is 9.80. The van der Waals surface area contributed by atoms with E-state index >= 15 is 0 Å². The summed E-state index contributed by atoms with van der Waals surface area (Å²) in [4.78, 5) is 57.5. The molecule has 0 saturated heterocycles. The molecule has 0 radical (unpaired) electrons. The average molecular weight is 792 g/mol. The fourth-order valence-corrected chi connectivity index (χ4v) is 6.36. The molecule has 4 rings (SSSR count). The lowest BCUT2D eigenvalue weighted by Gasteiger charge is -2.28. The Bertz CT molecular complexity index is 1800. The smallest absolute Gasteiger partial charge is 0.341 e. The minimum absolute atomic E-state index is 0.0436. The molecule has 252 valence electrons. The Morgan fingerprint density at radius 3 is 2.29 bits per heavy atom. The number of aliphatic imine (C=N–C) groups is 1. The maximum Gasteiger partial charge on any atom is 0.341 e. The van der Waals surface area contributed by atoms with Crippen LogP contribution in [0.3, 0.4) is 0 Å². The summed E-state index contributed by atoms with van der Waals surface area (Å²) in [5.41, 5.74) is 2.44. The molecular formula is C37H34IN3O7S. The van der Waals surface area contributed by atoms with Crippen molar-refractivity contribution in [2.24, 2.45) is 4.99 Å². The molecule has 0 saturated carbocycles. The molecule has 1 aliphatic heterocycles. The predicted molar refractivity (Wildman–Crippen MR) is 199 cm³/mol. The third-order valence-corrected chi connectivity index (χ3v) is 8.64. The maximum atomic E-state index is 14.1. The van der Waals surface area contributed by atoms with Crippen LogP contribution < -0.4 is 14.8 Å². The standard InChI is InChI=1S/C37H34IN3O7S/c1-4-7-18-27(5-2)41-36(46)28(19-24-20-29(38)34(48-22-32(43)44)30(21-24)47-6-3)35(45)40-37(41)49-23-31(42)39-33(25-14-10-8-11-15-25)26-16-12-9-13-17-26/h4-5,7-21,33H,1,6,22-23H2,2-3H3,(H,39,42)(H,43,44)/b18-7-,27-5+,28-19+. The summed E-state index contributed by atoms with van der Waals surface area (Å²) < 4.78 is 11.6. The van der Waals surface area contributed by atoms with Gasteiger partial charge in [-0.3, -0.25) is 19.3 Å². The number of amides is 3. The highest BCUT2D eigenvalue weighted by Gasteiger charge is 2.35. The number of ether oxygens (including phenoxy) is 2. The lowest BCUT2D eigenvalue weighted by atomic mass is 9.99. The molecule has 0 aromatic heterocycles. The summed E-state index contributed by atoms with van der Waals surface area (Å²) in [6.45, 7) is 6.90. The molecule has 10 nitrogen and oxygen atoms in total. The molecular weight excluding hydrogens is 757 g/mol. The van der Waals surface area contributed by atoms with E-state index in [0.717, 1.165) is 22.9 Å². The molecule has 1 aliphatic rings. The lowest BCUT2D eigenvalue weighted by molar-refractivity contribution is -0.139. The van der Waals surface area contributed by atoms with Crippen LogP contribution in [0, 0.1) is 3.57 Å². The number of rotatable bonds is 14. The van der Waals surface area contributed by atoms with Crippen molar-refractivity contribution >= 4 is 69.3 Å². The zero-order valence-corrected chi connectivity index (χ0v) is 29.8. The van der Waals surface area contributed by atoms with Gasteiger partial charge in [-0.2, -0.15) is 4.99 Å². The Morgan fingerprint density at radius 2 is 1.71 bits per heavy atom. The highest BCUT2D eigenvalue weighted by atomic mass is 127. The van der Waals surface area contributed by atoms with Gasteiger partial charge in [-0.15, -0.1) is 0 Å². The number of carbonyl (C=O) groups excluding carboxylic acids is 3. The molecule has 3 amide bonds. The Balaban J connectivity index is 1.65. The summed E-state index contributed by atoms with van der Waals surface area (Å²) in [6, 6.07) is 21.9. The van der Waals surface area contributed by atoms with Crippen LogP contribution in [0.1, 0.15) is 36.6 Å².